The van der Waals surface area contributed by atoms with E-state index in [-0.39, 0.29) is 30.0 Å². The Labute approximate surface area is 161 Å². The van der Waals surface area contributed by atoms with Gasteiger partial charge in [0.2, 0.25) is 0 Å². The fourth-order valence-corrected chi connectivity index (χ4v) is 2.58. The van der Waals surface area contributed by atoms with E-state index in [1.807, 2.05) is 19.1 Å². The van der Waals surface area contributed by atoms with Crippen LogP contribution in [0.15, 0.2) is 63.6 Å². The van der Waals surface area contributed by atoms with Gasteiger partial charge in [0.15, 0.2) is 5.76 Å². The van der Waals surface area contributed by atoms with Gasteiger partial charge in [-0.1, -0.05) is 0 Å². The first-order chi connectivity index (χ1) is 13.5. The van der Waals surface area contributed by atoms with Gasteiger partial charge in [-0.2, -0.15) is 0 Å². The summed E-state index contributed by atoms with van der Waals surface area (Å²) in [6.07, 6.45) is 3.11. The highest BCUT2D eigenvalue weighted by atomic mass is 16.6. The van der Waals surface area contributed by atoms with Crippen LogP contribution in [-0.2, 0) is 13.0 Å². The molecule has 0 aliphatic heterocycles. The molecule has 1 amide bonds. The van der Waals surface area contributed by atoms with E-state index in [0.29, 0.717) is 11.5 Å². The summed E-state index contributed by atoms with van der Waals surface area (Å²) in [7, 11) is 0. The van der Waals surface area contributed by atoms with Crippen LogP contribution < -0.4 is 10.1 Å². The second-order valence-electron chi connectivity index (χ2n) is 6.30. The molecular weight excluding hydrogens is 364 g/mol. The standard InChI is InChI=1S/C20H20N2O6/c1-14(4-7-16-3-2-12-26-16)21-20(23)19-11-10-18(28-19)13-27-17-8-5-15(6-9-17)22(24)25/h2-3,5-6,8-12,14H,4,7,13H2,1H3,(H,21,23). The lowest BCUT2D eigenvalue weighted by Crippen LogP contribution is -2.32. The van der Waals surface area contributed by atoms with Crippen molar-refractivity contribution in [3.05, 3.63) is 82.2 Å². The molecule has 0 aliphatic rings. The molecule has 8 nitrogen and oxygen atoms in total. The van der Waals surface area contributed by atoms with Crippen molar-refractivity contribution in [1.82, 2.24) is 5.32 Å². The summed E-state index contributed by atoms with van der Waals surface area (Å²) in [5.74, 6) is 1.73. The molecule has 3 rings (SSSR count). The van der Waals surface area contributed by atoms with Crippen LogP contribution in [0.2, 0.25) is 0 Å². The van der Waals surface area contributed by atoms with Crippen molar-refractivity contribution in [2.75, 3.05) is 0 Å². The maximum Gasteiger partial charge on any atom is 0.287 e. The van der Waals surface area contributed by atoms with Crippen LogP contribution in [0.5, 0.6) is 5.75 Å². The van der Waals surface area contributed by atoms with E-state index < -0.39 is 4.92 Å². The Balaban J connectivity index is 1.47. The number of furan rings is 2. The summed E-state index contributed by atoms with van der Waals surface area (Å²) in [4.78, 5) is 22.4. The fraction of sp³-hybridized carbons (Fsp3) is 0.250. The molecule has 8 heteroatoms. The van der Waals surface area contributed by atoms with Crippen molar-refractivity contribution in [2.24, 2.45) is 0 Å². The van der Waals surface area contributed by atoms with E-state index in [2.05, 4.69) is 5.32 Å². The van der Waals surface area contributed by atoms with Gasteiger partial charge in [-0.15, -0.1) is 0 Å². The maximum absolute atomic E-state index is 12.3. The topological polar surface area (TPSA) is 108 Å². The molecule has 28 heavy (non-hydrogen) atoms. The fourth-order valence-electron chi connectivity index (χ4n) is 2.58. The molecule has 3 aromatic rings. The van der Waals surface area contributed by atoms with Gasteiger partial charge in [0, 0.05) is 24.6 Å². The minimum Gasteiger partial charge on any atom is -0.486 e. The van der Waals surface area contributed by atoms with Gasteiger partial charge in [-0.3, -0.25) is 14.9 Å². The average molecular weight is 384 g/mol. The number of hydrogen-bond donors (Lipinski definition) is 1. The molecule has 0 spiro atoms. The second-order valence-corrected chi connectivity index (χ2v) is 6.30. The quantitative estimate of drug-likeness (QED) is 0.439. The van der Waals surface area contributed by atoms with Crippen LogP contribution in [0.1, 0.15) is 35.4 Å². The van der Waals surface area contributed by atoms with Gasteiger partial charge >= 0.3 is 0 Å². The van der Waals surface area contributed by atoms with Gasteiger partial charge in [-0.05, 0) is 49.7 Å². The number of carbonyl (C=O) groups is 1. The molecule has 0 bridgehead atoms. The second kappa shape index (κ2) is 8.90. The Bertz CT molecular complexity index is 915. The minimum atomic E-state index is -0.475. The monoisotopic (exact) mass is 384 g/mol. The molecule has 146 valence electrons. The Morgan fingerprint density at radius 1 is 1.18 bits per heavy atom. The number of amides is 1. The third-order valence-corrected chi connectivity index (χ3v) is 4.10. The van der Waals surface area contributed by atoms with Gasteiger partial charge in [0.1, 0.15) is 23.9 Å². The number of benzene rings is 1. The highest BCUT2D eigenvalue weighted by Gasteiger charge is 2.15. The molecule has 2 heterocycles. The zero-order valence-electron chi connectivity index (χ0n) is 15.3. The number of carbonyl (C=O) groups excluding carboxylic acids is 1. The molecule has 0 saturated carbocycles. The average Bonchev–Trinajstić information content (AvgIpc) is 3.37. The lowest BCUT2D eigenvalue weighted by atomic mass is 10.1. The summed E-state index contributed by atoms with van der Waals surface area (Å²) >= 11 is 0. The zero-order valence-corrected chi connectivity index (χ0v) is 15.3. The highest BCUT2D eigenvalue weighted by molar-refractivity contribution is 5.91. The van der Waals surface area contributed by atoms with E-state index in [1.165, 1.54) is 24.3 Å². The first-order valence-corrected chi connectivity index (χ1v) is 8.80. The summed E-state index contributed by atoms with van der Waals surface area (Å²) in [6.45, 7) is 2.03. The van der Waals surface area contributed by atoms with Crippen LogP contribution >= 0.6 is 0 Å². The molecule has 0 aliphatic carbocycles. The first-order valence-electron chi connectivity index (χ1n) is 8.80. The SMILES string of the molecule is CC(CCc1ccco1)NC(=O)c1ccc(COc2ccc([N+](=O)[O-])cc2)o1. The number of nitro benzene ring substituents is 1. The minimum absolute atomic E-state index is 0.00882. The third kappa shape index (κ3) is 5.23. The van der Waals surface area contributed by atoms with Crippen LogP contribution in [0, 0.1) is 10.1 Å². The first kappa shape index (κ1) is 19.2. The van der Waals surface area contributed by atoms with Crippen LogP contribution in [0.25, 0.3) is 0 Å². The predicted molar refractivity (Wildman–Crippen MR) is 100 cm³/mol. The molecule has 0 saturated heterocycles. The number of non-ortho nitro benzene ring substituents is 1. The highest BCUT2D eigenvalue weighted by Crippen LogP contribution is 2.19. The number of nitrogens with one attached hydrogen (secondary N) is 1. The Kier molecular flexibility index (Phi) is 6.11. The van der Waals surface area contributed by atoms with E-state index in [0.717, 1.165) is 18.6 Å². The number of aryl methyl sites for hydroxylation is 1. The van der Waals surface area contributed by atoms with Crippen molar-refractivity contribution in [3.63, 3.8) is 0 Å². The van der Waals surface area contributed by atoms with Crippen LogP contribution in [0.4, 0.5) is 5.69 Å². The van der Waals surface area contributed by atoms with Crippen molar-refractivity contribution >= 4 is 11.6 Å². The van der Waals surface area contributed by atoms with Crippen molar-refractivity contribution < 1.29 is 23.3 Å². The molecule has 1 aromatic carbocycles. The zero-order chi connectivity index (χ0) is 19.9. The van der Waals surface area contributed by atoms with E-state index >= 15 is 0 Å². The van der Waals surface area contributed by atoms with Gasteiger partial charge in [0.25, 0.3) is 11.6 Å². The molecule has 0 fully saturated rings. The molecule has 1 atom stereocenters. The van der Waals surface area contributed by atoms with Gasteiger partial charge < -0.3 is 18.9 Å². The molecule has 1 N–H and O–H groups in total. The summed E-state index contributed by atoms with van der Waals surface area (Å²) in [5, 5.41) is 13.5. The molecule has 2 aromatic heterocycles. The maximum atomic E-state index is 12.3. The summed E-state index contributed by atoms with van der Waals surface area (Å²) in [5.41, 5.74) is -0.00882. The van der Waals surface area contributed by atoms with Gasteiger partial charge in [-0.25, -0.2) is 0 Å². The largest absolute Gasteiger partial charge is 0.486 e. The smallest absolute Gasteiger partial charge is 0.287 e. The summed E-state index contributed by atoms with van der Waals surface area (Å²) < 4.78 is 16.3. The number of hydrogen-bond acceptors (Lipinski definition) is 6. The number of ether oxygens (including phenoxy) is 1. The number of nitro groups is 1. The van der Waals surface area contributed by atoms with E-state index in [1.54, 1.807) is 18.4 Å². The lowest BCUT2D eigenvalue weighted by molar-refractivity contribution is -0.384. The van der Waals surface area contributed by atoms with Crippen LogP contribution in [-0.4, -0.2) is 16.9 Å². The molecule has 0 radical (unpaired) electrons. The van der Waals surface area contributed by atoms with Crippen molar-refractivity contribution in [1.29, 1.82) is 0 Å². The van der Waals surface area contributed by atoms with Crippen LogP contribution in [0.3, 0.4) is 0 Å². The van der Waals surface area contributed by atoms with Crippen molar-refractivity contribution in [3.8, 4) is 5.75 Å². The van der Waals surface area contributed by atoms with E-state index in [9.17, 15) is 14.9 Å². The predicted octanol–water partition coefficient (Wildman–Crippen LogP) is 4.11. The number of nitrogens with zero attached hydrogens (tertiary/aromatic N) is 1. The van der Waals surface area contributed by atoms with Crippen molar-refractivity contribution in [2.45, 2.75) is 32.4 Å². The number of rotatable bonds is 9. The summed E-state index contributed by atoms with van der Waals surface area (Å²) in [6, 6.07) is 12.7. The Morgan fingerprint density at radius 3 is 2.64 bits per heavy atom. The molecular formula is C20H20N2O6. The normalized spacial score (nSPS) is 11.8. The Hall–Kier alpha value is -3.55. The third-order valence-electron chi connectivity index (χ3n) is 4.10. The lowest BCUT2D eigenvalue weighted by Gasteiger charge is -2.11. The molecule has 1 unspecified atom stereocenters. The Morgan fingerprint density at radius 2 is 1.96 bits per heavy atom. The van der Waals surface area contributed by atoms with Gasteiger partial charge in [0.05, 0.1) is 11.2 Å². The van der Waals surface area contributed by atoms with E-state index in [4.69, 9.17) is 13.6 Å².